The summed E-state index contributed by atoms with van der Waals surface area (Å²) in [5, 5.41) is 1.36. The third-order valence-corrected chi connectivity index (χ3v) is 6.42. The highest BCUT2D eigenvalue weighted by Gasteiger charge is 2.30. The molecule has 28 heavy (non-hydrogen) atoms. The average Bonchev–Trinajstić information content (AvgIpc) is 2.68. The number of aromatic nitrogens is 2. The van der Waals surface area contributed by atoms with Crippen molar-refractivity contribution >= 4 is 32.5 Å². The van der Waals surface area contributed by atoms with Gasteiger partial charge in [-0.15, -0.1) is 0 Å². The first-order valence-corrected chi connectivity index (χ1v) is 10.4. The Morgan fingerprint density at radius 2 is 1.68 bits per heavy atom. The molecular formula is C20H21N3O4S. The number of benzene rings is 2. The van der Waals surface area contributed by atoms with Crippen LogP contribution < -0.4 is 10.1 Å². The first-order valence-electron chi connectivity index (χ1n) is 8.69. The molecule has 0 fully saturated rings. The van der Waals surface area contributed by atoms with Gasteiger partial charge in [0.2, 0.25) is 5.91 Å². The maximum atomic E-state index is 12.8. The SMILES string of the molecule is COc1ccccc1NC(=O)[C@H](C)S(=O)(=O)Cc1nc2ccccc2nc1C. The molecule has 7 nitrogen and oxygen atoms in total. The molecule has 0 saturated heterocycles. The molecule has 0 unspecified atom stereocenters. The number of hydrogen-bond acceptors (Lipinski definition) is 6. The van der Waals surface area contributed by atoms with Crippen molar-refractivity contribution in [2.24, 2.45) is 0 Å². The number of aryl methyl sites for hydroxylation is 1. The molecule has 1 amide bonds. The second-order valence-electron chi connectivity index (χ2n) is 6.38. The van der Waals surface area contributed by atoms with E-state index in [1.807, 2.05) is 18.2 Å². The molecule has 3 rings (SSSR count). The van der Waals surface area contributed by atoms with E-state index in [-0.39, 0.29) is 5.75 Å². The van der Waals surface area contributed by atoms with Gasteiger partial charge in [0.15, 0.2) is 9.84 Å². The number of nitrogens with zero attached hydrogens (tertiary/aromatic N) is 2. The number of carbonyl (C=O) groups is 1. The summed E-state index contributed by atoms with van der Waals surface area (Å²) in [4.78, 5) is 21.4. The predicted octanol–water partition coefficient (Wildman–Crippen LogP) is 2.89. The lowest BCUT2D eigenvalue weighted by Gasteiger charge is -2.15. The van der Waals surface area contributed by atoms with Crippen molar-refractivity contribution in [3.05, 3.63) is 59.9 Å². The number of methoxy groups -OCH3 is 1. The summed E-state index contributed by atoms with van der Waals surface area (Å²) >= 11 is 0. The van der Waals surface area contributed by atoms with Crippen LogP contribution in [0, 0.1) is 6.92 Å². The number of sulfone groups is 1. The molecule has 0 aliphatic rings. The van der Waals surface area contributed by atoms with Crippen LogP contribution in [0.3, 0.4) is 0 Å². The van der Waals surface area contributed by atoms with Crippen molar-refractivity contribution in [2.45, 2.75) is 24.9 Å². The Labute approximate surface area is 163 Å². The van der Waals surface area contributed by atoms with Crippen molar-refractivity contribution < 1.29 is 17.9 Å². The van der Waals surface area contributed by atoms with Gasteiger partial charge in [-0.25, -0.2) is 18.4 Å². The summed E-state index contributed by atoms with van der Waals surface area (Å²) in [5.41, 5.74) is 2.60. The van der Waals surface area contributed by atoms with E-state index < -0.39 is 21.0 Å². The summed E-state index contributed by atoms with van der Waals surface area (Å²) in [7, 11) is -2.32. The molecule has 2 aromatic carbocycles. The molecule has 0 aliphatic carbocycles. The van der Waals surface area contributed by atoms with Crippen LogP contribution >= 0.6 is 0 Å². The molecule has 1 atom stereocenters. The molecular weight excluding hydrogens is 378 g/mol. The van der Waals surface area contributed by atoms with Gasteiger partial charge < -0.3 is 10.1 Å². The number of anilines is 1. The molecule has 3 aromatic rings. The molecule has 1 aromatic heterocycles. The summed E-state index contributed by atoms with van der Waals surface area (Å²) < 4.78 is 30.8. The van der Waals surface area contributed by atoms with Crippen molar-refractivity contribution in [1.82, 2.24) is 9.97 Å². The van der Waals surface area contributed by atoms with Crippen LogP contribution in [-0.2, 0) is 20.4 Å². The molecule has 0 bridgehead atoms. The Balaban J connectivity index is 1.82. The van der Waals surface area contributed by atoms with Crippen molar-refractivity contribution in [3.8, 4) is 5.75 Å². The highest BCUT2D eigenvalue weighted by Crippen LogP contribution is 2.24. The fraction of sp³-hybridized carbons (Fsp3) is 0.250. The first kappa shape index (κ1) is 19.8. The number of carbonyl (C=O) groups excluding carboxylic acids is 1. The van der Waals surface area contributed by atoms with Crippen LogP contribution in [0.4, 0.5) is 5.69 Å². The predicted molar refractivity (Wildman–Crippen MR) is 108 cm³/mol. The van der Waals surface area contributed by atoms with Crippen LogP contribution in [0.2, 0.25) is 0 Å². The molecule has 1 N–H and O–H groups in total. The van der Waals surface area contributed by atoms with Gasteiger partial charge in [-0.1, -0.05) is 24.3 Å². The third kappa shape index (κ3) is 4.12. The third-order valence-electron chi connectivity index (χ3n) is 4.45. The van der Waals surface area contributed by atoms with E-state index in [0.29, 0.717) is 33.9 Å². The highest BCUT2D eigenvalue weighted by atomic mass is 32.2. The molecule has 0 spiro atoms. The number of para-hydroxylation sites is 4. The van der Waals surface area contributed by atoms with E-state index in [2.05, 4.69) is 15.3 Å². The topological polar surface area (TPSA) is 98.2 Å². The maximum absolute atomic E-state index is 12.8. The number of hydrogen-bond donors (Lipinski definition) is 1. The van der Waals surface area contributed by atoms with Gasteiger partial charge in [0, 0.05) is 0 Å². The highest BCUT2D eigenvalue weighted by molar-refractivity contribution is 7.92. The monoisotopic (exact) mass is 399 g/mol. The largest absolute Gasteiger partial charge is 0.495 e. The van der Waals surface area contributed by atoms with Gasteiger partial charge in [-0.2, -0.15) is 0 Å². The minimum absolute atomic E-state index is 0.343. The number of ether oxygens (including phenoxy) is 1. The van der Waals surface area contributed by atoms with E-state index in [1.165, 1.54) is 14.0 Å². The Morgan fingerprint density at radius 3 is 2.36 bits per heavy atom. The zero-order valence-corrected chi connectivity index (χ0v) is 16.7. The lowest BCUT2D eigenvalue weighted by molar-refractivity contribution is -0.115. The number of rotatable bonds is 6. The van der Waals surface area contributed by atoms with Gasteiger partial charge >= 0.3 is 0 Å². The fourth-order valence-electron chi connectivity index (χ4n) is 2.72. The Morgan fingerprint density at radius 1 is 1.07 bits per heavy atom. The molecule has 0 saturated carbocycles. The van der Waals surface area contributed by atoms with Gasteiger partial charge in [-0.3, -0.25) is 4.79 Å². The van der Waals surface area contributed by atoms with E-state index in [4.69, 9.17) is 4.74 Å². The average molecular weight is 399 g/mol. The van der Waals surface area contributed by atoms with Crippen LogP contribution in [0.15, 0.2) is 48.5 Å². The van der Waals surface area contributed by atoms with E-state index in [9.17, 15) is 13.2 Å². The molecule has 1 heterocycles. The first-order chi connectivity index (χ1) is 13.3. The van der Waals surface area contributed by atoms with Crippen LogP contribution in [0.25, 0.3) is 11.0 Å². The number of amides is 1. The smallest absolute Gasteiger partial charge is 0.242 e. The molecule has 0 radical (unpaired) electrons. The summed E-state index contributed by atoms with van der Waals surface area (Å²) in [5.74, 6) is -0.537. The van der Waals surface area contributed by atoms with E-state index >= 15 is 0 Å². The van der Waals surface area contributed by atoms with E-state index in [1.54, 1.807) is 37.3 Å². The van der Waals surface area contributed by atoms with Crippen molar-refractivity contribution in [2.75, 3.05) is 12.4 Å². The zero-order chi connectivity index (χ0) is 20.3. The van der Waals surface area contributed by atoms with Gasteiger partial charge in [0.25, 0.3) is 0 Å². The molecule has 0 aliphatic heterocycles. The van der Waals surface area contributed by atoms with Crippen molar-refractivity contribution in [3.63, 3.8) is 0 Å². The summed E-state index contributed by atoms with van der Waals surface area (Å²) in [6.45, 7) is 3.08. The van der Waals surface area contributed by atoms with Crippen molar-refractivity contribution in [1.29, 1.82) is 0 Å². The molecule has 8 heteroatoms. The summed E-state index contributed by atoms with van der Waals surface area (Å²) in [6.07, 6.45) is 0. The van der Waals surface area contributed by atoms with Gasteiger partial charge in [-0.05, 0) is 38.1 Å². The standard InChI is InChI=1S/C20H21N3O4S/c1-13-18(22-16-9-5-4-8-15(16)21-13)12-28(25,26)14(2)20(24)23-17-10-6-7-11-19(17)27-3/h4-11,14H,12H2,1-3H3,(H,23,24)/t14-/m0/s1. The number of nitrogens with one attached hydrogen (secondary N) is 1. The minimum atomic E-state index is -3.80. The molecule has 146 valence electrons. The quantitative estimate of drug-likeness (QED) is 0.684. The maximum Gasteiger partial charge on any atom is 0.242 e. The van der Waals surface area contributed by atoms with Crippen LogP contribution in [0.1, 0.15) is 18.3 Å². The second-order valence-corrected chi connectivity index (χ2v) is 8.70. The lowest BCUT2D eigenvalue weighted by atomic mass is 10.2. The second kappa shape index (κ2) is 7.93. The van der Waals surface area contributed by atoms with Crippen LogP contribution in [-0.4, -0.2) is 36.7 Å². The van der Waals surface area contributed by atoms with Gasteiger partial charge in [0.1, 0.15) is 11.0 Å². The Kier molecular flexibility index (Phi) is 5.60. The minimum Gasteiger partial charge on any atom is -0.495 e. The fourth-order valence-corrected chi connectivity index (χ4v) is 4.01. The lowest BCUT2D eigenvalue weighted by Crippen LogP contribution is -2.33. The van der Waals surface area contributed by atoms with Crippen LogP contribution in [0.5, 0.6) is 5.75 Å². The zero-order valence-electron chi connectivity index (χ0n) is 15.8. The summed E-state index contributed by atoms with van der Waals surface area (Å²) in [6, 6.07) is 14.1. The normalized spacial score (nSPS) is 12.5. The van der Waals surface area contributed by atoms with Gasteiger partial charge in [0.05, 0.1) is 41.0 Å². The number of fused-ring (bicyclic) bond motifs is 1. The van der Waals surface area contributed by atoms with E-state index in [0.717, 1.165) is 0 Å². The Hall–Kier alpha value is -3.00. The Bertz CT molecular complexity index is 1130.